The van der Waals surface area contributed by atoms with Gasteiger partial charge in [0.05, 0.1) is 31.1 Å². The Labute approximate surface area is 131 Å². The number of aliphatic hydroxyl groups excluding tert-OH is 1. The van der Waals surface area contributed by atoms with Crippen LogP contribution in [0.4, 0.5) is 8.78 Å². The molecule has 23 heavy (non-hydrogen) atoms. The highest BCUT2D eigenvalue weighted by atomic mass is 31.2. The van der Waals surface area contributed by atoms with E-state index in [2.05, 4.69) is 14.0 Å². The molecule has 2 N–H and O–H groups in total. The van der Waals surface area contributed by atoms with Crippen LogP contribution in [-0.4, -0.2) is 39.9 Å². The maximum Gasteiger partial charge on any atom is 0.408 e. The van der Waals surface area contributed by atoms with E-state index in [0.29, 0.717) is 0 Å². The molecule has 130 valence electrons. The number of aromatic nitrogens is 1. The standard InChI is InChI=1S/C13H18F2NO6P/c1-4-21-23(20,22-5-2)13(14,15)12(19)9-6-16-8(3)11(18)10(9)7-17/h6,17-18H,4-5,7H2,1-3H3. The molecule has 1 heterocycles. The number of carbonyl (C=O) groups excluding carboxylic acids is 1. The Balaban J connectivity index is 3.42. The highest BCUT2D eigenvalue weighted by Gasteiger charge is 2.60. The van der Waals surface area contributed by atoms with Gasteiger partial charge in [0.1, 0.15) is 5.75 Å². The summed E-state index contributed by atoms with van der Waals surface area (Å²) in [5.74, 6) is -2.49. The SMILES string of the molecule is CCOP(=O)(OCC)C(F)(F)C(=O)c1cnc(C)c(O)c1CO. The minimum atomic E-state index is -5.08. The number of hydrogen-bond donors (Lipinski definition) is 2. The van der Waals surface area contributed by atoms with Crippen molar-refractivity contribution in [3.05, 3.63) is 23.0 Å². The van der Waals surface area contributed by atoms with Gasteiger partial charge in [-0.15, -0.1) is 0 Å². The van der Waals surface area contributed by atoms with Crippen LogP contribution < -0.4 is 0 Å². The number of aromatic hydroxyl groups is 1. The molecule has 1 aromatic rings. The van der Waals surface area contributed by atoms with Gasteiger partial charge in [0, 0.05) is 11.8 Å². The second-order valence-electron chi connectivity index (χ2n) is 4.45. The summed E-state index contributed by atoms with van der Waals surface area (Å²) in [5.41, 5.74) is -5.62. The van der Waals surface area contributed by atoms with Gasteiger partial charge in [-0.3, -0.25) is 14.3 Å². The van der Waals surface area contributed by atoms with E-state index in [0.717, 1.165) is 6.20 Å². The van der Waals surface area contributed by atoms with Crippen molar-refractivity contribution in [2.24, 2.45) is 0 Å². The molecule has 1 rings (SSSR count). The summed E-state index contributed by atoms with van der Waals surface area (Å²) in [7, 11) is -5.08. The fraction of sp³-hybridized carbons (Fsp3) is 0.538. The first-order valence-electron chi connectivity index (χ1n) is 6.76. The lowest BCUT2D eigenvalue weighted by molar-refractivity contribution is 0.0319. The third kappa shape index (κ3) is 3.58. The summed E-state index contributed by atoms with van der Waals surface area (Å²) in [6.07, 6.45) is 0.777. The molecule has 7 nitrogen and oxygen atoms in total. The molecule has 0 amide bonds. The number of carbonyl (C=O) groups is 1. The van der Waals surface area contributed by atoms with Gasteiger partial charge >= 0.3 is 13.3 Å². The van der Waals surface area contributed by atoms with Crippen LogP contribution in [0.5, 0.6) is 5.75 Å². The smallest absolute Gasteiger partial charge is 0.408 e. The zero-order valence-electron chi connectivity index (χ0n) is 12.9. The average Bonchev–Trinajstić information content (AvgIpc) is 2.49. The summed E-state index contributed by atoms with van der Waals surface area (Å²) in [6, 6.07) is 0. The van der Waals surface area contributed by atoms with E-state index in [1.54, 1.807) is 0 Å². The van der Waals surface area contributed by atoms with Gasteiger partial charge in [-0.25, -0.2) is 0 Å². The molecule has 0 aromatic carbocycles. The maximum atomic E-state index is 14.4. The Bertz CT molecular complexity index is 627. The van der Waals surface area contributed by atoms with E-state index < -0.39 is 42.5 Å². The summed E-state index contributed by atoms with van der Waals surface area (Å²) < 4.78 is 50.1. The molecule has 0 saturated carbocycles. The van der Waals surface area contributed by atoms with Crippen LogP contribution in [0, 0.1) is 6.92 Å². The van der Waals surface area contributed by atoms with E-state index in [1.165, 1.54) is 20.8 Å². The van der Waals surface area contributed by atoms with Crippen molar-refractivity contribution >= 4 is 13.4 Å². The molecule has 0 aliphatic heterocycles. The quantitative estimate of drug-likeness (QED) is 0.546. The zero-order valence-corrected chi connectivity index (χ0v) is 13.8. The fourth-order valence-corrected chi connectivity index (χ4v) is 3.28. The lowest BCUT2D eigenvalue weighted by atomic mass is 10.0. The van der Waals surface area contributed by atoms with E-state index in [-0.39, 0.29) is 18.9 Å². The van der Waals surface area contributed by atoms with Crippen LogP contribution >= 0.6 is 7.60 Å². The second-order valence-corrected chi connectivity index (χ2v) is 6.52. The van der Waals surface area contributed by atoms with Crippen molar-refractivity contribution in [1.82, 2.24) is 4.98 Å². The van der Waals surface area contributed by atoms with Crippen LogP contribution in [-0.2, 0) is 20.2 Å². The Morgan fingerprint density at radius 3 is 2.30 bits per heavy atom. The first-order chi connectivity index (χ1) is 10.7. The number of ketones is 1. The van der Waals surface area contributed by atoms with Crippen molar-refractivity contribution in [3.63, 3.8) is 0 Å². The zero-order chi connectivity index (χ0) is 17.8. The third-order valence-electron chi connectivity index (χ3n) is 2.96. The summed E-state index contributed by atoms with van der Waals surface area (Å²) in [5, 5.41) is 19.0. The Morgan fingerprint density at radius 2 is 1.87 bits per heavy atom. The van der Waals surface area contributed by atoms with Gasteiger partial charge in [0.25, 0.3) is 0 Å². The first kappa shape index (κ1) is 19.6. The van der Waals surface area contributed by atoms with Gasteiger partial charge in [-0.05, 0) is 20.8 Å². The molecule has 10 heteroatoms. The summed E-state index contributed by atoms with van der Waals surface area (Å²) >= 11 is 0. The lowest BCUT2D eigenvalue weighted by Crippen LogP contribution is -2.32. The van der Waals surface area contributed by atoms with Crippen LogP contribution in [0.3, 0.4) is 0 Å². The molecule has 0 spiro atoms. The number of aryl methyl sites for hydroxylation is 1. The Morgan fingerprint density at radius 1 is 1.35 bits per heavy atom. The van der Waals surface area contributed by atoms with E-state index in [4.69, 9.17) is 0 Å². The van der Waals surface area contributed by atoms with E-state index >= 15 is 0 Å². The van der Waals surface area contributed by atoms with Gasteiger partial charge in [0.15, 0.2) is 0 Å². The number of Topliss-reactive ketones (excluding diaryl/α,β-unsaturated/α-hetero) is 1. The van der Waals surface area contributed by atoms with Gasteiger partial charge in [-0.1, -0.05) is 0 Å². The number of aliphatic hydroxyl groups is 1. The molecular formula is C13H18F2NO6P. The second kappa shape index (κ2) is 7.44. The van der Waals surface area contributed by atoms with Crippen molar-refractivity contribution in [2.75, 3.05) is 13.2 Å². The fourth-order valence-electron chi connectivity index (χ4n) is 1.83. The van der Waals surface area contributed by atoms with Crippen LogP contribution in [0.2, 0.25) is 0 Å². The largest absolute Gasteiger partial charge is 0.506 e. The van der Waals surface area contributed by atoms with Crippen molar-refractivity contribution in [2.45, 2.75) is 33.0 Å². The Kier molecular flexibility index (Phi) is 6.35. The first-order valence-corrected chi connectivity index (χ1v) is 8.30. The minimum absolute atomic E-state index is 0.0479. The molecular weight excluding hydrogens is 335 g/mol. The number of pyridine rings is 1. The molecule has 0 atom stereocenters. The monoisotopic (exact) mass is 353 g/mol. The number of alkyl halides is 2. The van der Waals surface area contributed by atoms with Gasteiger partial charge in [0.2, 0.25) is 5.78 Å². The third-order valence-corrected chi connectivity index (χ3v) is 5.05. The highest BCUT2D eigenvalue weighted by molar-refractivity contribution is 7.56. The minimum Gasteiger partial charge on any atom is -0.506 e. The van der Waals surface area contributed by atoms with Crippen molar-refractivity contribution in [3.8, 4) is 5.75 Å². The molecule has 0 unspecified atom stereocenters. The number of rotatable bonds is 8. The topological polar surface area (TPSA) is 106 Å². The molecule has 0 fully saturated rings. The molecule has 1 aromatic heterocycles. The maximum absolute atomic E-state index is 14.4. The predicted molar refractivity (Wildman–Crippen MR) is 76.7 cm³/mol. The predicted octanol–water partition coefficient (Wildman–Crippen LogP) is 2.63. The molecule has 0 aliphatic rings. The van der Waals surface area contributed by atoms with E-state index in [9.17, 15) is 28.4 Å². The van der Waals surface area contributed by atoms with Crippen molar-refractivity contribution in [1.29, 1.82) is 0 Å². The molecule has 0 radical (unpaired) electrons. The molecule has 0 aliphatic carbocycles. The summed E-state index contributed by atoms with van der Waals surface area (Å²) in [6.45, 7) is 2.43. The molecule has 0 saturated heterocycles. The number of hydrogen-bond acceptors (Lipinski definition) is 7. The number of nitrogens with zero attached hydrogens (tertiary/aromatic N) is 1. The Hall–Kier alpha value is -1.41. The van der Waals surface area contributed by atoms with E-state index in [1.807, 2.05) is 0 Å². The van der Waals surface area contributed by atoms with Gasteiger partial charge < -0.3 is 19.3 Å². The molecule has 0 bridgehead atoms. The van der Waals surface area contributed by atoms with Crippen LogP contribution in [0.1, 0.15) is 35.5 Å². The van der Waals surface area contributed by atoms with Crippen LogP contribution in [0.15, 0.2) is 6.20 Å². The van der Waals surface area contributed by atoms with Crippen molar-refractivity contribution < 1.29 is 37.4 Å². The van der Waals surface area contributed by atoms with Gasteiger partial charge in [-0.2, -0.15) is 8.78 Å². The summed E-state index contributed by atoms with van der Waals surface area (Å²) in [4.78, 5) is 15.8. The lowest BCUT2D eigenvalue weighted by Gasteiger charge is -2.25. The normalized spacial score (nSPS) is 12.4. The van der Waals surface area contributed by atoms with Crippen LogP contribution in [0.25, 0.3) is 0 Å². The average molecular weight is 353 g/mol. The number of halogens is 2. The highest BCUT2D eigenvalue weighted by Crippen LogP contribution is 2.63.